The summed E-state index contributed by atoms with van der Waals surface area (Å²) in [6, 6.07) is 20.6. The smallest absolute Gasteiger partial charge is 0.134 e. The van der Waals surface area contributed by atoms with Gasteiger partial charge < -0.3 is 15.9 Å². The van der Waals surface area contributed by atoms with Crippen LogP contribution in [0.25, 0.3) is 22.6 Å². The summed E-state index contributed by atoms with van der Waals surface area (Å²) in [5, 5.41) is 0. The number of aliphatic imine (C=N–C) groups is 2. The summed E-state index contributed by atoms with van der Waals surface area (Å²) in [7, 11) is 0. The van der Waals surface area contributed by atoms with Gasteiger partial charge in [0.1, 0.15) is 23.2 Å². The van der Waals surface area contributed by atoms with Crippen molar-refractivity contribution in [1.29, 1.82) is 0 Å². The fourth-order valence-corrected chi connectivity index (χ4v) is 4.88. The van der Waals surface area contributed by atoms with E-state index in [0.29, 0.717) is 17.7 Å². The van der Waals surface area contributed by atoms with Gasteiger partial charge in [0.25, 0.3) is 0 Å². The molecule has 1 heterocycles. The number of benzene rings is 2. The summed E-state index contributed by atoms with van der Waals surface area (Å²) in [6.07, 6.45) is 12.8. The second-order valence-corrected chi connectivity index (χ2v) is 9.56. The number of allylic oxidation sites excluding steroid dienone is 2. The van der Waals surface area contributed by atoms with E-state index in [1.807, 2.05) is 60.7 Å². The van der Waals surface area contributed by atoms with Crippen LogP contribution in [0.2, 0.25) is 0 Å². The van der Waals surface area contributed by atoms with Crippen LogP contribution in [0.15, 0.2) is 86.8 Å². The van der Waals surface area contributed by atoms with E-state index in [1.165, 1.54) is 32.1 Å². The number of hydrogen-bond acceptors (Lipinski definition) is 3. The highest BCUT2D eigenvalue weighted by Gasteiger charge is 2.13. The first kappa shape index (κ1) is 23.2. The molecule has 180 valence electrons. The zero-order valence-electron chi connectivity index (χ0n) is 20.2. The van der Waals surface area contributed by atoms with Gasteiger partial charge in [0.2, 0.25) is 0 Å². The topological polar surface area (TPSA) is 89.9 Å². The summed E-state index contributed by atoms with van der Waals surface area (Å²) in [5.41, 5.74) is 17.5. The van der Waals surface area contributed by atoms with Gasteiger partial charge in [-0.2, -0.15) is 0 Å². The Morgan fingerprint density at radius 3 is 1.86 bits per heavy atom. The zero-order chi connectivity index (χ0) is 24.0. The minimum Gasteiger partial charge on any atom is -0.456 e. The Hall–Kier alpha value is -3.60. The fourth-order valence-electron chi connectivity index (χ4n) is 4.88. The maximum atomic E-state index is 6.29. The Kier molecular flexibility index (Phi) is 7.12. The normalized spacial score (nSPS) is 17.9. The zero-order valence-corrected chi connectivity index (χ0v) is 20.2. The molecule has 0 spiro atoms. The maximum absolute atomic E-state index is 6.29. The van der Waals surface area contributed by atoms with Crippen LogP contribution in [0.1, 0.15) is 68.9 Å². The van der Waals surface area contributed by atoms with Gasteiger partial charge in [0, 0.05) is 28.0 Å². The lowest BCUT2D eigenvalue weighted by Crippen LogP contribution is -2.19. The molecule has 2 aliphatic carbocycles. The third-order valence-electron chi connectivity index (χ3n) is 6.96. The molecule has 1 saturated carbocycles. The molecule has 0 aliphatic heterocycles. The van der Waals surface area contributed by atoms with Crippen LogP contribution in [0.4, 0.5) is 0 Å². The summed E-state index contributed by atoms with van der Waals surface area (Å²) >= 11 is 0. The predicted octanol–water partition coefficient (Wildman–Crippen LogP) is 6.81. The van der Waals surface area contributed by atoms with Crippen molar-refractivity contribution in [2.45, 2.75) is 63.8 Å². The highest BCUT2D eigenvalue weighted by molar-refractivity contribution is 5.98. The van der Waals surface area contributed by atoms with E-state index in [9.17, 15) is 0 Å². The second-order valence-electron chi connectivity index (χ2n) is 9.56. The molecule has 2 aromatic carbocycles. The molecule has 0 amide bonds. The van der Waals surface area contributed by atoms with Gasteiger partial charge in [-0.25, -0.2) is 4.99 Å². The van der Waals surface area contributed by atoms with Crippen LogP contribution in [0.5, 0.6) is 0 Å². The first-order valence-corrected chi connectivity index (χ1v) is 12.8. The van der Waals surface area contributed by atoms with Gasteiger partial charge in [-0.1, -0.05) is 73.9 Å². The van der Waals surface area contributed by atoms with Gasteiger partial charge in [0.05, 0.1) is 6.04 Å². The molecule has 1 fully saturated rings. The van der Waals surface area contributed by atoms with Crippen molar-refractivity contribution >= 4 is 11.7 Å². The summed E-state index contributed by atoms with van der Waals surface area (Å²) < 4.78 is 6.17. The Bertz CT molecular complexity index is 1230. The molecule has 3 aromatic rings. The van der Waals surface area contributed by atoms with E-state index in [2.05, 4.69) is 11.1 Å². The van der Waals surface area contributed by atoms with Crippen molar-refractivity contribution in [3.8, 4) is 22.6 Å². The summed E-state index contributed by atoms with van der Waals surface area (Å²) in [6.45, 7) is 0. The van der Waals surface area contributed by atoms with Crippen molar-refractivity contribution < 1.29 is 4.42 Å². The fraction of sp³-hybridized carbons (Fsp3) is 0.333. The predicted molar refractivity (Wildman–Crippen MR) is 144 cm³/mol. The monoisotopic (exact) mass is 466 g/mol. The van der Waals surface area contributed by atoms with E-state index in [1.54, 1.807) is 0 Å². The Balaban J connectivity index is 1.27. The maximum Gasteiger partial charge on any atom is 0.134 e. The quantitative estimate of drug-likeness (QED) is 0.309. The molecule has 0 radical (unpaired) electrons. The highest BCUT2D eigenvalue weighted by Crippen LogP contribution is 2.29. The molecule has 5 rings (SSSR count). The average Bonchev–Trinajstić information content (AvgIpc) is 3.40. The number of amidine groups is 2. The van der Waals surface area contributed by atoms with Crippen LogP contribution in [-0.4, -0.2) is 17.7 Å². The van der Waals surface area contributed by atoms with Crippen LogP contribution < -0.4 is 11.5 Å². The molecule has 5 nitrogen and oxygen atoms in total. The van der Waals surface area contributed by atoms with Crippen LogP contribution >= 0.6 is 0 Å². The minimum absolute atomic E-state index is 0.369. The lowest BCUT2D eigenvalue weighted by molar-refractivity contribution is 0.443. The van der Waals surface area contributed by atoms with E-state index in [-0.39, 0.29) is 0 Å². The van der Waals surface area contributed by atoms with Gasteiger partial charge >= 0.3 is 0 Å². The Morgan fingerprint density at radius 1 is 0.686 bits per heavy atom. The molecule has 4 N–H and O–H groups in total. The molecule has 0 saturated heterocycles. The number of furan rings is 1. The molecule has 0 atom stereocenters. The van der Waals surface area contributed by atoms with Crippen LogP contribution in [0, 0.1) is 0 Å². The number of nitrogens with two attached hydrogens (primary N) is 2. The molecular formula is C30H34N4O. The van der Waals surface area contributed by atoms with Crippen molar-refractivity contribution in [1.82, 2.24) is 0 Å². The number of hydrogen-bond donors (Lipinski definition) is 2. The Morgan fingerprint density at radius 2 is 1.29 bits per heavy atom. The molecule has 0 unspecified atom stereocenters. The SMILES string of the molecule is NC(=NC1=CCCCC1)c1ccc(-c2ccc(-c3ccc(C(N)=NC4CCCCC4)cc3)o2)cc1. The number of nitrogens with zero attached hydrogens (tertiary/aromatic N) is 2. The van der Waals surface area contributed by atoms with E-state index in [0.717, 1.165) is 65.2 Å². The van der Waals surface area contributed by atoms with Crippen molar-refractivity contribution in [2.24, 2.45) is 21.5 Å². The average molecular weight is 467 g/mol. The van der Waals surface area contributed by atoms with Gasteiger partial charge in [-0.15, -0.1) is 0 Å². The van der Waals surface area contributed by atoms with Gasteiger partial charge in [-0.05, 0) is 50.7 Å². The van der Waals surface area contributed by atoms with E-state index < -0.39 is 0 Å². The van der Waals surface area contributed by atoms with Crippen LogP contribution in [0.3, 0.4) is 0 Å². The molecule has 1 aromatic heterocycles. The summed E-state index contributed by atoms with van der Waals surface area (Å²) in [4.78, 5) is 9.37. The third-order valence-corrected chi connectivity index (χ3v) is 6.96. The van der Waals surface area contributed by atoms with Gasteiger partial charge in [-0.3, -0.25) is 4.99 Å². The second kappa shape index (κ2) is 10.8. The van der Waals surface area contributed by atoms with Crippen molar-refractivity contribution in [3.63, 3.8) is 0 Å². The van der Waals surface area contributed by atoms with Gasteiger partial charge in [0.15, 0.2) is 0 Å². The molecule has 0 bridgehead atoms. The van der Waals surface area contributed by atoms with Crippen LogP contribution in [-0.2, 0) is 0 Å². The minimum atomic E-state index is 0.369. The van der Waals surface area contributed by atoms with Crippen molar-refractivity contribution in [2.75, 3.05) is 0 Å². The molecule has 2 aliphatic rings. The molecule has 35 heavy (non-hydrogen) atoms. The lowest BCUT2D eigenvalue weighted by atomic mass is 9.96. The Labute approximate surface area is 207 Å². The highest BCUT2D eigenvalue weighted by atomic mass is 16.3. The van der Waals surface area contributed by atoms with E-state index >= 15 is 0 Å². The van der Waals surface area contributed by atoms with Crippen molar-refractivity contribution in [3.05, 3.63) is 83.6 Å². The third kappa shape index (κ3) is 5.73. The first-order chi connectivity index (χ1) is 17.2. The summed E-state index contributed by atoms with van der Waals surface area (Å²) in [5.74, 6) is 2.84. The number of rotatable bonds is 6. The standard InChI is InChI=1S/C30H34N4O/c31-29(33-25-7-3-1-4-8-25)23-15-11-21(12-16-23)27-19-20-28(35-27)22-13-17-24(18-14-22)30(32)34-26-9-5-2-6-10-26/h7,11-20,26H,1-6,8-10H2,(H2,31,33)(H2,32,34). The van der Waals surface area contributed by atoms with E-state index in [4.69, 9.17) is 20.9 Å². The largest absolute Gasteiger partial charge is 0.456 e. The molecular weight excluding hydrogens is 432 g/mol. The lowest BCUT2D eigenvalue weighted by Gasteiger charge is -2.18. The molecule has 5 heteroatoms. The first-order valence-electron chi connectivity index (χ1n) is 12.8.